The van der Waals surface area contributed by atoms with Gasteiger partial charge in [-0.2, -0.15) is 4.98 Å². The molecule has 2 rings (SSSR count). The zero-order valence-electron chi connectivity index (χ0n) is 11.8. The van der Waals surface area contributed by atoms with Gasteiger partial charge in [0.05, 0.1) is 6.42 Å². The number of hydrogen-bond donors (Lipinski definition) is 1. The molecule has 0 bridgehead atoms. The van der Waals surface area contributed by atoms with E-state index in [0.717, 1.165) is 0 Å². The van der Waals surface area contributed by atoms with Crippen LogP contribution in [0.3, 0.4) is 0 Å². The number of carboxylic acids is 1. The van der Waals surface area contributed by atoms with Crippen molar-refractivity contribution in [3.8, 4) is 11.4 Å². The number of rotatable bonds is 6. The third-order valence-corrected chi connectivity index (χ3v) is 3.14. The zero-order valence-corrected chi connectivity index (χ0v) is 11.8. The summed E-state index contributed by atoms with van der Waals surface area (Å²) in [6, 6.07) is 5.56. The summed E-state index contributed by atoms with van der Waals surface area (Å²) < 4.78 is 32.0. The number of carbonyl (C=O) groups is 1. The van der Waals surface area contributed by atoms with Crippen molar-refractivity contribution in [3.63, 3.8) is 0 Å². The van der Waals surface area contributed by atoms with E-state index in [0.29, 0.717) is 5.56 Å². The number of carboxylic acid groups (broad SMARTS) is 1. The van der Waals surface area contributed by atoms with Gasteiger partial charge in [-0.3, -0.25) is 0 Å². The van der Waals surface area contributed by atoms with Crippen molar-refractivity contribution >= 4 is 5.97 Å². The second-order valence-corrected chi connectivity index (χ2v) is 4.73. The highest BCUT2D eigenvalue weighted by Gasteiger charge is 2.28. The quantitative estimate of drug-likeness (QED) is 0.827. The SMILES string of the molecule is C=C(Cc1nc(-c2ccc(C(F)(F)CC)cc2)no1)C(=O)O. The van der Waals surface area contributed by atoms with Gasteiger partial charge in [-0.05, 0) is 0 Å². The molecule has 0 radical (unpaired) electrons. The lowest BCUT2D eigenvalue weighted by molar-refractivity contribution is -0.132. The molecule has 0 saturated carbocycles. The van der Waals surface area contributed by atoms with Gasteiger partial charge in [-0.15, -0.1) is 0 Å². The Morgan fingerprint density at radius 2 is 2.00 bits per heavy atom. The van der Waals surface area contributed by atoms with Crippen LogP contribution in [0.5, 0.6) is 0 Å². The van der Waals surface area contributed by atoms with E-state index in [9.17, 15) is 13.6 Å². The molecule has 0 saturated heterocycles. The molecule has 0 unspecified atom stereocenters. The van der Waals surface area contributed by atoms with E-state index in [2.05, 4.69) is 16.7 Å². The molecular formula is C15H14F2N2O3. The van der Waals surface area contributed by atoms with Gasteiger partial charge in [0.25, 0.3) is 5.92 Å². The number of nitrogens with zero attached hydrogens (tertiary/aromatic N) is 2. The van der Waals surface area contributed by atoms with Gasteiger partial charge in [-0.25, -0.2) is 13.6 Å². The first-order chi connectivity index (χ1) is 10.3. The van der Waals surface area contributed by atoms with Crippen LogP contribution in [-0.2, 0) is 17.1 Å². The normalized spacial score (nSPS) is 11.4. The van der Waals surface area contributed by atoms with Crippen LogP contribution in [0.15, 0.2) is 40.9 Å². The first kappa shape index (κ1) is 15.8. The molecule has 1 aromatic heterocycles. The molecule has 5 nitrogen and oxygen atoms in total. The number of halogens is 2. The number of aromatic nitrogens is 2. The second kappa shape index (κ2) is 6.05. The predicted molar refractivity (Wildman–Crippen MR) is 74.4 cm³/mol. The third-order valence-electron chi connectivity index (χ3n) is 3.14. The maximum atomic E-state index is 13.5. The average Bonchev–Trinajstić information content (AvgIpc) is 2.95. The summed E-state index contributed by atoms with van der Waals surface area (Å²) in [4.78, 5) is 14.7. The number of hydrogen-bond acceptors (Lipinski definition) is 4. The standard InChI is InChI=1S/C15H14F2N2O3/c1-3-15(16,17)11-6-4-10(5-7-11)13-18-12(22-19-13)8-9(2)14(20)21/h4-7H,2-3,8H2,1H3,(H,20,21). The lowest BCUT2D eigenvalue weighted by Crippen LogP contribution is -2.10. The summed E-state index contributed by atoms with van der Waals surface area (Å²) in [6.07, 6.45) is -0.357. The smallest absolute Gasteiger partial charge is 0.331 e. The summed E-state index contributed by atoms with van der Waals surface area (Å²) in [5, 5.41) is 12.4. The van der Waals surface area contributed by atoms with Crippen LogP contribution in [0, 0.1) is 0 Å². The van der Waals surface area contributed by atoms with E-state index < -0.39 is 11.9 Å². The monoisotopic (exact) mass is 308 g/mol. The topological polar surface area (TPSA) is 76.2 Å². The number of benzene rings is 1. The van der Waals surface area contributed by atoms with Crippen LogP contribution >= 0.6 is 0 Å². The predicted octanol–water partition coefficient (Wildman–Crippen LogP) is 3.42. The van der Waals surface area contributed by atoms with Gasteiger partial charge in [0, 0.05) is 23.1 Å². The van der Waals surface area contributed by atoms with E-state index in [1.165, 1.54) is 31.2 Å². The Balaban J connectivity index is 2.18. The van der Waals surface area contributed by atoms with Crippen molar-refractivity contribution in [3.05, 3.63) is 47.9 Å². The van der Waals surface area contributed by atoms with E-state index in [-0.39, 0.29) is 35.7 Å². The van der Waals surface area contributed by atoms with E-state index in [1.807, 2.05) is 0 Å². The highest BCUT2D eigenvalue weighted by molar-refractivity contribution is 5.86. The van der Waals surface area contributed by atoms with Gasteiger partial charge in [0.15, 0.2) is 0 Å². The molecule has 0 fully saturated rings. The van der Waals surface area contributed by atoms with Crippen molar-refractivity contribution in [1.29, 1.82) is 0 Å². The van der Waals surface area contributed by atoms with Gasteiger partial charge >= 0.3 is 5.97 Å². The Morgan fingerprint density at radius 1 is 1.36 bits per heavy atom. The fourth-order valence-electron chi connectivity index (χ4n) is 1.77. The van der Waals surface area contributed by atoms with E-state index >= 15 is 0 Å². The van der Waals surface area contributed by atoms with Crippen LogP contribution in [0.1, 0.15) is 24.8 Å². The molecule has 0 atom stereocenters. The van der Waals surface area contributed by atoms with E-state index in [1.54, 1.807) is 0 Å². The average molecular weight is 308 g/mol. The summed E-state index contributed by atoms with van der Waals surface area (Å²) in [5.41, 5.74) is 0.349. The zero-order chi connectivity index (χ0) is 16.3. The molecule has 0 aliphatic carbocycles. The van der Waals surface area contributed by atoms with Gasteiger partial charge in [0.1, 0.15) is 0 Å². The maximum Gasteiger partial charge on any atom is 0.331 e. The van der Waals surface area contributed by atoms with Crippen molar-refractivity contribution in [2.24, 2.45) is 0 Å². The maximum absolute atomic E-state index is 13.5. The fraction of sp³-hybridized carbons (Fsp3) is 0.267. The Morgan fingerprint density at radius 3 is 2.55 bits per heavy atom. The largest absolute Gasteiger partial charge is 0.478 e. The van der Waals surface area contributed by atoms with Crippen LogP contribution in [0.2, 0.25) is 0 Å². The second-order valence-electron chi connectivity index (χ2n) is 4.73. The molecule has 0 aliphatic heterocycles. The Labute approximate surface area is 125 Å². The van der Waals surface area contributed by atoms with Crippen LogP contribution < -0.4 is 0 Å². The van der Waals surface area contributed by atoms with Crippen LogP contribution in [0.4, 0.5) is 8.78 Å². The first-order valence-corrected chi connectivity index (χ1v) is 6.56. The van der Waals surface area contributed by atoms with Gasteiger partial charge in [0.2, 0.25) is 11.7 Å². The first-order valence-electron chi connectivity index (χ1n) is 6.56. The summed E-state index contributed by atoms with van der Waals surface area (Å²) in [6.45, 7) is 4.78. The van der Waals surface area contributed by atoms with Gasteiger partial charge < -0.3 is 9.63 Å². The molecule has 0 spiro atoms. The Hall–Kier alpha value is -2.57. The Kier molecular flexibility index (Phi) is 4.35. The summed E-state index contributed by atoms with van der Waals surface area (Å²) >= 11 is 0. The molecule has 0 amide bonds. The van der Waals surface area contributed by atoms with Crippen molar-refractivity contribution in [2.45, 2.75) is 25.7 Å². The highest BCUT2D eigenvalue weighted by atomic mass is 19.3. The fourth-order valence-corrected chi connectivity index (χ4v) is 1.77. The molecule has 1 N–H and O–H groups in total. The molecular weight excluding hydrogens is 294 g/mol. The minimum Gasteiger partial charge on any atom is -0.478 e. The molecule has 7 heteroatoms. The molecule has 1 heterocycles. The Bertz CT molecular complexity index is 693. The number of aliphatic carboxylic acids is 1. The minimum atomic E-state index is -2.87. The molecule has 116 valence electrons. The van der Waals surface area contributed by atoms with E-state index in [4.69, 9.17) is 9.63 Å². The highest BCUT2D eigenvalue weighted by Crippen LogP contribution is 2.32. The van der Waals surface area contributed by atoms with Crippen LogP contribution in [0.25, 0.3) is 11.4 Å². The van der Waals surface area contributed by atoms with Crippen molar-refractivity contribution < 1.29 is 23.2 Å². The van der Waals surface area contributed by atoms with Crippen LogP contribution in [-0.4, -0.2) is 21.2 Å². The lowest BCUT2D eigenvalue weighted by atomic mass is 10.0. The van der Waals surface area contributed by atoms with Gasteiger partial charge in [-0.1, -0.05) is 42.9 Å². The third kappa shape index (κ3) is 3.36. The van der Waals surface area contributed by atoms with Crippen molar-refractivity contribution in [1.82, 2.24) is 10.1 Å². The minimum absolute atomic E-state index is 0.0751. The number of alkyl halides is 2. The molecule has 0 aliphatic rings. The molecule has 2 aromatic rings. The van der Waals surface area contributed by atoms with Crippen molar-refractivity contribution in [2.75, 3.05) is 0 Å². The lowest BCUT2D eigenvalue weighted by Gasteiger charge is -2.14. The molecule has 1 aromatic carbocycles. The summed E-state index contributed by atoms with van der Waals surface area (Å²) in [5.74, 6) is -3.71. The summed E-state index contributed by atoms with van der Waals surface area (Å²) in [7, 11) is 0. The molecule has 22 heavy (non-hydrogen) atoms.